The van der Waals surface area contributed by atoms with Crippen LogP contribution in [0, 0.1) is 0 Å². The van der Waals surface area contributed by atoms with Gasteiger partial charge in [0.2, 0.25) is 0 Å². The van der Waals surface area contributed by atoms with E-state index in [1.54, 1.807) is 0 Å². The number of halogens is 1. The van der Waals surface area contributed by atoms with E-state index in [1.807, 2.05) is 12.1 Å². The van der Waals surface area contributed by atoms with Crippen LogP contribution in [0.25, 0.3) is 11.1 Å². The molecule has 4 heteroatoms. The van der Waals surface area contributed by atoms with Crippen LogP contribution in [-0.4, -0.2) is 36.9 Å². The van der Waals surface area contributed by atoms with Crippen molar-refractivity contribution in [2.24, 2.45) is 5.10 Å². The Morgan fingerprint density at radius 1 is 0.630 bits per heavy atom. The Morgan fingerprint density at radius 2 is 1.15 bits per heavy atom. The first kappa shape index (κ1) is 16.4. The van der Waals surface area contributed by atoms with Gasteiger partial charge in [-0.15, -0.1) is 0 Å². The number of hydrogen-bond donors (Lipinski definition) is 0. The number of fused-ring (bicyclic) bond motifs is 3. The maximum absolute atomic E-state index is 6.01. The molecule has 1 aliphatic carbocycles. The third-order valence-corrected chi connectivity index (χ3v) is 5.60. The second-order valence-electron chi connectivity index (χ2n) is 6.96. The minimum Gasteiger partial charge on any atom is -0.368 e. The summed E-state index contributed by atoms with van der Waals surface area (Å²) in [5, 5.41) is 8.05. The molecule has 0 aromatic heterocycles. The molecule has 1 saturated heterocycles. The van der Waals surface area contributed by atoms with Crippen molar-refractivity contribution in [2.75, 3.05) is 31.1 Å². The molecule has 1 heterocycles. The summed E-state index contributed by atoms with van der Waals surface area (Å²) in [6.07, 6.45) is 0. The predicted octanol–water partition coefficient (Wildman–Crippen LogP) is 4.90. The zero-order chi connectivity index (χ0) is 18.2. The zero-order valence-corrected chi connectivity index (χ0v) is 15.7. The predicted molar refractivity (Wildman–Crippen MR) is 113 cm³/mol. The smallest absolute Gasteiger partial charge is 0.0988 e. The van der Waals surface area contributed by atoms with Crippen LogP contribution in [0.3, 0.4) is 0 Å². The third-order valence-electron chi connectivity index (χ3n) is 5.34. The highest BCUT2D eigenvalue weighted by Crippen LogP contribution is 2.36. The van der Waals surface area contributed by atoms with Gasteiger partial charge in [0.05, 0.1) is 18.8 Å². The van der Waals surface area contributed by atoms with Crippen molar-refractivity contribution in [1.29, 1.82) is 0 Å². The van der Waals surface area contributed by atoms with E-state index in [9.17, 15) is 0 Å². The van der Waals surface area contributed by atoms with Crippen LogP contribution in [-0.2, 0) is 0 Å². The minimum atomic E-state index is 0.780. The number of piperazine rings is 1. The molecule has 0 saturated carbocycles. The Morgan fingerprint density at radius 3 is 1.70 bits per heavy atom. The number of hydrazone groups is 1. The SMILES string of the molecule is Clc1ccc(N2CCN(N=C3c4ccccc4-c4ccccc43)CC2)cc1. The largest absolute Gasteiger partial charge is 0.368 e. The lowest BCUT2D eigenvalue weighted by molar-refractivity contribution is 0.271. The fourth-order valence-electron chi connectivity index (χ4n) is 3.95. The number of nitrogens with zero attached hydrogens (tertiary/aromatic N) is 3. The lowest BCUT2D eigenvalue weighted by atomic mass is 10.1. The molecular weight excluding hydrogens is 354 g/mol. The summed E-state index contributed by atoms with van der Waals surface area (Å²) in [7, 11) is 0. The van der Waals surface area contributed by atoms with E-state index in [4.69, 9.17) is 16.7 Å². The van der Waals surface area contributed by atoms with E-state index in [0.29, 0.717) is 0 Å². The van der Waals surface area contributed by atoms with Gasteiger partial charge in [-0.1, -0.05) is 60.1 Å². The van der Waals surface area contributed by atoms with Crippen molar-refractivity contribution in [3.8, 4) is 11.1 Å². The Bertz CT molecular complexity index is 955. The topological polar surface area (TPSA) is 18.8 Å². The van der Waals surface area contributed by atoms with Crippen LogP contribution < -0.4 is 4.90 Å². The Kier molecular flexibility index (Phi) is 4.10. The van der Waals surface area contributed by atoms with Crippen LogP contribution in [0.2, 0.25) is 5.02 Å². The van der Waals surface area contributed by atoms with Gasteiger partial charge in [-0.3, -0.25) is 5.01 Å². The van der Waals surface area contributed by atoms with Crippen LogP contribution in [0.4, 0.5) is 5.69 Å². The normalized spacial score (nSPS) is 15.5. The van der Waals surface area contributed by atoms with Crippen LogP contribution in [0.5, 0.6) is 0 Å². The molecule has 0 bridgehead atoms. The molecule has 3 aromatic carbocycles. The zero-order valence-electron chi connectivity index (χ0n) is 15.0. The van der Waals surface area contributed by atoms with E-state index in [-0.39, 0.29) is 0 Å². The molecule has 0 atom stereocenters. The Labute approximate surface area is 164 Å². The summed E-state index contributed by atoms with van der Waals surface area (Å²) in [5.41, 5.74) is 7.36. The van der Waals surface area contributed by atoms with Crippen molar-refractivity contribution < 1.29 is 0 Å². The van der Waals surface area contributed by atoms with Gasteiger partial charge in [-0.25, -0.2) is 0 Å². The monoisotopic (exact) mass is 373 g/mol. The number of anilines is 1. The molecule has 3 aromatic rings. The molecule has 0 amide bonds. The average Bonchev–Trinajstić information content (AvgIpc) is 3.04. The van der Waals surface area contributed by atoms with Gasteiger partial charge < -0.3 is 4.90 Å². The lowest BCUT2D eigenvalue weighted by Crippen LogP contribution is -2.44. The molecule has 0 unspecified atom stereocenters. The summed E-state index contributed by atoms with van der Waals surface area (Å²) in [6.45, 7) is 3.75. The minimum absolute atomic E-state index is 0.780. The van der Waals surface area contributed by atoms with Crippen LogP contribution >= 0.6 is 11.6 Å². The first-order valence-corrected chi connectivity index (χ1v) is 9.71. The highest BCUT2D eigenvalue weighted by molar-refractivity contribution is 6.30. The standard InChI is InChI=1S/C23H20ClN3/c24-17-9-11-18(12-10-17)26-13-15-27(16-14-26)25-23-21-7-3-1-5-19(21)20-6-2-4-8-22(20)23/h1-12H,13-16H2. The van der Waals surface area contributed by atoms with Gasteiger partial charge in [0, 0.05) is 34.9 Å². The molecule has 3 nitrogen and oxygen atoms in total. The summed E-state index contributed by atoms with van der Waals surface area (Å²) in [4.78, 5) is 2.39. The second-order valence-corrected chi connectivity index (χ2v) is 7.39. The maximum atomic E-state index is 6.01. The van der Waals surface area contributed by atoms with Crippen molar-refractivity contribution in [3.63, 3.8) is 0 Å². The van der Waals surface area contributed by atoms with E-state index >= 15 is 0 Å². The van der Waals surface area contributed by atoms with Crippen LogP contribution in [0.15, 0.2) is 77.9 Å². The molecule has 0 N–H and O–H groups in total. The van der Waals surface area contributed by atoms with E-state index in [2.05, 4.69) is 70.6 Å². The number of benzene rings is 3. The van der Waals surface area contributed by atoms with Crippen molar-refractivity contribution >= 4 is 23.0 Å². The molecule has 1 fully saturated rings. The van der Waals surface area contributed by atoms with Crippen molar-refractivity contribution in [2.45, 2.75) is 0 Å². The fraction of sp³-hybridized carbons (Fsp3) is 0.174. The van der Waals surface area contributed by atoms with E-state index in [0.717, 1.165) is 36.9 Å². The maximum Gasteiger partial charge on any atom is 0.0988 e. The van der Waals surface area contributed by atoms with Gasteiger partial charge in [-0.2, -0.15) is 5.10 Å². The van der Waals surface area contributed by atoms with E-state index < -0.39 is 0 Å². The quantitative estimate of drug-likeness (QED) is 0.498. The van der Waals surface area contributed by atoms with Crippen molar-refractivity contribution in [3.05, 3.63) is 88.9 Å². The van der Waals surface area contributed by atoms with Gasteiger partial charge in [0.15, 0.2) is 0 Å². The molecule has 0 spiro atoms. The summed E-state index contributed by atoms with van der Waals surface area (Å²) >= 11 is 6.01. The number of rotatable bonds is 2. The van der Waals surface area contributed by atoms with E-state index in [1.165, 1.54) is 27.9 Å². The first-order chi connectivity index (χ1) is 13.3. The molecule has 5 rings (SSSR count). The number of hydrogen-bond acceptors (Lipinski definition) is 3. The molecule has 2 aliphatic rings. The van der Waals surface area contributed by atoms with Crippen LogP contribution in [0.1, 0.15) is 11.1 Å². The summed E-state index contributed by atoms with van der Waals surface area (Å²) in [5.74, 6) is 0. The average molecular weight is 374 g/mol. The molecule has 1 aliphatic heterocycles. The third kappa shape index (κ3) is 2.98. The fourth-order valence-corrected chi connectivity index (χ4v) is 4.08. The van der Waals surface area contributed by atoms with Gasteiger partial charge in [-0.05, 0) is 35.4 Å². The van der Waals surface area contributed by atoms with Gasteiger partial charge in [0.25, 0.3) is 0 Å². The summed E-state index contributed by atoms with van der Waals surface area (Å²) < 4.78 is 0. The second kappa shape index (κ2) is 6.75. The lowest BCUT2D eigenvalue weighted by Gasteiger charge is -2.35. The summed E-state index contributed by atoms with van der Waals surface area (Å²) in [6, 6.07) is 25.2. The first-order valence-electron chi connectivity index (χ1n) is 9.33. The Balaban J connectivity index is 1.39. The Hall–Kier alpha value is -2.78. The highest BCUT2D eigenvalue weighted by Gasteiger charge is 2.25. The van der Waals surface area contributed by atoms with Gasteiger partial charge >= 0.3 is 0 Å². The molecule has 134 valence electrons. The van der Waals surface area contributed by atoms with Crippen molar-refractivity contribution in [1.82, 2.24) is 5.01 Å². The molecule has 27 heavy (non-hydrogen) atoms. The molecule has 0 radical (unpaired) electrons. The highest BCUT2D eigenvalue weighted by atomic mass is 35.5. The van der Waals surface area contributed by atoms with Gasteiger partial charge in [0.1, 0.15) is 0 Å². The molecular formula is C23H20ClN3.